The van der Waals surface area contributed by atoms with E-state index in [1.807, 2.05) is 24.3 Å². The molecule has 1 aromatic heterocycles. The lowest BCUT2D eigenvalue weighted by molar-refractivity contribution is -0.145. The number of aliphatic carboxylic acids is 1. The molecule has 0 aliphatic carbocycles. The molecule has 1 aromatic carbocycles. The highest BCUT2D eigenvalue weighted by Gasteiger charge is 2.26. The smallest absolute Gasteiger partial charge is 0.306 e. The average Bonchev–Trinajstić information content (AvgIpc) is 3.17. The molecule has 1 saturated heterocycles. The summed E-state index contributed by atoms with van der Waals surface area (Å²) in [7, 11) is 1.61. The Morgan fingerprint density at radius 2 is 1.96 bits per heavy atom. The Bertz CT molecular complexity index is 779. The third-order valence-corrected chi connectivity index (χ3v) is 4.79. The lowest BCUT2D eigenvalue weighted by Gasteiger charge is -2.30. The summed E-state index contributed by atoms with van der Waals surface area (Å²) in [5, 5.41) is 13.0. The van der Waals surface area contributed by atoms with E-state index in [0.29, 0.717) is 56.9 Å². The molecule has 8 heteroatoms. The van der Waals surface area contributed by atoms with Gasteiger partial charge < -0.3 is 19.3 Å². The predicted molar refractivity (Wildman–Crippen MR) is 96.2 cm³/mol. The molecule has 0 spiro atoms. The van der Waals surface area contributed by atoms with Crippen molar-refractivity contribution in [3.8, 4) is 17.1 Å². The number of aromatic nitrogens is 2. The van der Waals surface area contributed by atoms with E-state index in [1.54, 1.807) is 12.0 Å². The van der Waals surface area contributed by atoms with Crippen LogP contribution in [-0.4, -0.2) is 52.2 Å². The van der Waals surface area contributed by atoms with Crippen LogP contribution in [0.15, 0.2) is 28.8 Å². The highest BCUT2D eigenvalue weighted by atomic mass is 16.5. The summed E-state index contributed by atoms with van der Waals surface area (Å²) in [5.41, 5.74) is 0.836. The first-order chi connectivity index (χ1) is 13.1. The number of aryl methyl sites for hydroxylation is 1. The van der Waals surface area contributed by atoms with Gasteiger partial charge in [0.2, 0.25) is 17.6 Å². The van der Waals surface area contributed by atoms with Crippen molar-refractivity contribution in [3.05, 3.63) is 30.2 Å². The van der Waals surface area contributed by atoms with Gasteiger partial charge in [-0.15, -0.1) is 0 Å². The van der Waals surface area contributed by atoms with Crippen LogP contribution < -0.4 is 4.74 Å². The molecule has 1 N–H and O–H groups in total. The number of piperidine rings is 1. The van der Waals surface area contributed by atoms with Gasteiger partial charge in [0, 0.05) is 31.5 Å². The first-order valence-corrected chi connectivity index (χ1v) is 9.04. The molecule has 1 amide bonds. The molecule has 1 aliphatic heterocycles. The lowest BCUT2D eigenvalue weighted by Crippen LogP contribution is -2.40. The Hall–Kier alpha value is -2.90. The van der Waals surface area contributed by atoms with Crippen LogP contribution in [0.25, 0.3) is 11.4 Å². The van der Waals surface area contributed by atoms with E-state index in [0.717, 1.165) is 11.3 Å². The van der Waals surface area contributed by atoms with Gasteiger partial charge in [-0.05, 0) is 43.5 Å². The fraction of sp³-hybridized carbons (Fsp3) is 0.474. The van der Waals surface area contributed by atoms with Gasteiger partial charge in [0.05, 0.1) is 13.0 Å². The zero-order chi connectivity index (χ0) is 19.2. The number of nitrogens with zero attached hydrogens (tertiary/aromatic N) is 3. The number of hydrogen-bond donors (Lipinski definition) is 1. The second-order valence-corrected chi connectivity index (χ2v) is 6.59. The molecule has 0 atom stereocenters. The number of carboxylic acids is 1. The Morgan fingerprint density at radius 3 is 2.59 bits per heavy atom. The van der Waals surface area contributed by atoms with Gasteiger partial charge >= 0.3 is 5.97 Å². The van der Waals surface area contributed by atoms with Gasteiger partial charge in [0.25, 0.3) is 0 Å². The van der Waals surface area contributed by atoms with Gasteiger partial charge in [0.15, 0.2) is 0 Å². The first-order valence-electron chi connectivity index (χ1n) is 9.04. The van der Waals surface area contributed by atoms with Crippen LogP contribution in [-0.2, 0) is 16.0 Å². The van der Waals surface area contributed by atoms with E-state index in [2.05, 4.69) is 10.1 Å². The molecule has 0 saturated carbocycles. The molecule has 27 heavy (non-hydrogen) atoms. The molecular formula is C19H23N3O5. The number of hydrogen-bond acceptors (Lipinski definition) is 6. The first kappa shape index (κ1) is 18.9. The molecule has 3 rings (SSSR count). The number of ether oxygens (including phenoxy) is 1. The number of methoxy groups -OCH3 is 1. The Balaban J connectivity index is 1.45. The Morgan fingerprint density at radius 1 is 1.26 bits per heavy atom. The van der Waals surface area contributed by atoms with Crippen molar-refractivity contribution in [1.82, 2.24) is 15.0 Å². The number of benzene rings is 1. The van der Waals surface area contributed by atoms with Crippen molar-refractivity contribution in [2.24, 2.45) is 5.92 Å². The minimum absolute atomic E-state index is 0.0498. The maximum Gasteiger partial charge on any atom is 0.306 e. The highest BCUT2D eigenvalue weighted by molar-refractivity contribution is 5.77. The molecule has 0 bridgehead atoms. The standard InChI is InChI=1S/C19H23N3O5/c1-26-15-7-5-13(6-8-15)18-20-16(27-21-18)3-2-4-17(23)22-11-9-14(10-12-22)19(24)25/h5-8,14H,2-4,9-12H2,1H3,(H,24,25). The number of carbonyl (C=O) groups excluding carboxylic acids is 1. The second-order valence-electron chi connectivity index (χ2n) is 6.59. The molecule has 0 unspecified atom stereocenters. The largest absolute Gasteiger partial charge is 0.497 e. The Labute approximate surface area is 157 Å². The molecule has 2 heterocycles. The van der Waals surface area contributed by atoms with Crippen LogP contribution in [0.1, 0.15) is 31.6 Å². The minimum Gasteiger partial charge on any atom is -0.497 e. The van der Waals surface area contributed by atoms with Crippen LogP contribution in [0.5, 0.6) is 5.75 Å². The summed E-state index contributed by atoms with van der Waals surface area (Å²) in [6, 6.07) is 7.38. The molecule has 1 aliphatic rings. The molecule has 0 radical (unpaired) electrons. The minimum atomic E-state index is -0.772. The third-order valence-electron chi connectivity index (χ3n) is 4.79. The maximum atomic E-state index is 12.3. The van der Waals surface area contributed by atoms with E-state index in [9.17, 15) is 9.59 Å². The van der Waals surface area contributed by atoms with E-state index in [4.69, 9.17) is 14.4 Å². The molecule has 144 valence electrons. The van der Waals surface area contributed by atoms with Gasteiger partial charge in [-0.25, -0.2) is 0 Å². The van der Waals surface area contributed by atoms with Crippen LogP contribution in [0, 0.1) is 5.92 Å². The summed E-state index contributed by atoms with van der Waals surface area (Å²) in [5.74, 6) is 0.713. The summed E-state index contributed by atoms with van der Waals surface area (Å²) in [6.07, 6.45) is 2.58. The van der Waals surface area contributed by atoms with Crippen molar-refractivity contribution in [1.29, 1.82) is 0 Å². The van der Waals surface area contributed by atoms with Crippen LogP contribution in [0.4, 0.5) is 0 Å². The van der Waals surface area contributed by atoms with Gasteiger partial charge in [-0.2, -0.15) is 4.98 Å². The van der Waals surface area contributed by atoms with E-state index < -0.39 is 5.97 Å². The SMILES string of the molecule is COc1ccc(-c2noc(CCCC(=O)N3CCC(C(=O)O)CC3)n2)cc1. The number of likely N-dealkylation sites (tertiary alicyclic amines) is 1. The van der Waals surface area contributed by atoms with E-state index >= 15 is 0 Å². The Kier molecular flexibility index (Phi) is 6.05. The van der Waals surface area contributed by atoms with E-state index in [1.165, 1.54) is 0 Å². The van der Waals surface area contributed by atoms with Crippen molar-refractivity contribution in [3.63, 3.8) is 0 Å². The zero-order valence-electron chi connectivity index (χ0n) is 15.3. The van der Waals surface area contributed by atoms with Crippen LogP contribution >= 0.6 is 0 Å². The van der Waals surface area contributed by atoms with E-state index in [-0.39, 0.29) is 11.8 Å². The lowest BCUT2D eigenvalue weighted by atomic mass is 9.97. The molecule has 8 nitrogen and oxygen atoms in total. The van der Waals surface area contributed by atoms with Crippen LogP contribution in [0.3, 0.4) is 0 Å². The number of amides is 1. The van der Waals surface area contributed by atoms with Gasteiger partial charge in [0.1, 0.15) is 5.75 Å². The van der Waals surface area contributed by atoms with Crippen LogP contribution in [0.2, 0.25) is 0 Å². The fourth-order valence-corrected chi connectivity index (χ4v) is 3.14. The molecule has 2 aromatic rings. The van der Waals surface area contributed by atoms with Crippen molar-refractivity contribution >= 4 is 11.9 Å². The normalized spacial score (nSPS) is 14.9. The summed E-state index contributed by atoms with van der Waals surface area (Å²) < 4.78 is 10.4. The molecular weight excluding hydrogens is 350 g/mol. The quantitative estimate of drug-likeness (QED) is 0.794. The predicted octanol–water partition coefficient (Wildman–Crippen LogP) is 2.39. The average molecular weight is 373 g/mol. The topological polar surface area (TPSA) is 106 Å². The molecule has 1 fully saturated rings. The highest BCUT2D eigenvalue weighted by Crippen LogP contribution is 2.21. The summed E-state index contributed by atoms with van der Waals surface area (Å²) in [6.45, 7) is 1.02. The zero-order valence-corrected chi connectivity index (χ0v) is 15.3. The number of rotatable bonds is 7. The summed E-state index contributed by atoms with van der Waals surface area (Å²) >= 11 is 0. The third kappa shape index (κ3) is 4.84. The fourth-order valence-electron chi connectivity index (χ4n) is 3.14. The second kappa shape index (κ2) is 8.66. The monoisotopic (exact) mass is 373 g/mol. The summed E-state index contributed by atoms with van der Waals surface area (Å²) in [4.78, 5) is 29.3. The van der Waals surface area contributed by atoms with Crippen molar-refractivity contribution in [2.75, 3.05) is 20.2 Å². The maximum absolute atomic E-state index is 12.3. The number of carbonyl (C=O) groups is 2. The van der Waals surface area contributed by atoms with Crippen molar-refractivity contribution < 1.29 is 24.0 Å². The number of carboxylic acid groups (broad SMARTS) is 1. The van der Waals surface area contributed by atoms with Crippen molar-refractivity contribution in [2.45, 2.75) is 32.1 Å². The van der Waals surface area contributed by atoms with Gasteiger partial charge in [-0.1, -0.05) is 5.16 Å². The van der Waals surface area contributed by atoms with Gasteiger partial charge in [-0.3, -0.25) is 9.59 Å².